The lowest BCUT2D eigenvalue weighted by Crippen LogP contribution is -2.31. The molecule has 1 saturated carbocycles. The Balaban J connectivity index is 1.65. The lowest BCUT2D eigenvalue weighted by molar-refractivity contribution is -0.150. The average Bonchev–Trinajstić information content (AvgIpc) is 3.19. The molecule has 2 fully saturated rings. The van der Waals surface area contributed by atoms with Crippen LogP contribution in [-0.4, -0.2) is 25.0 Å². The van der Waals surface area contributed by atoms with E-state index in [1.54, 1.807) is 12.1 Å². The van der Waals surface area contributed by atoms with Gasteiger partial charge in [-0.2, -0.15) is 0 Å². The summed E-state index contributed by atoms with van der Waals surface area (Å²) < 4.78 is 5.53. The first-order valence-corrected chi connectivity index (χ1v) is 7.51. The van der Waals surface area contributed by atoms with E-state index >= 15 is 0 Å². The number of nitrogens with one attached hydrogen (secondary N) is 1. The maximum Gasteiger partial charge on any atom is 0.316 e. The highest BCUT2D eigenvalue weighted by Crippen LogP contribution is 2.49. The largest absolute Gasteiger partial charge is 0.464 e. The lowest BCUT2D eigenvalue weighted by atomic mass is 9.90. The van der Waals surface area contributed by atoms with E-state index in [0.29, 0.717) is 18.0 Å². The number of carbonyl (C=O) groups excluding carboxylic acids is 2. The third-order valence-electron chi connectivity index (χ3n) is 4.39. The summed E-state index contributed by atoms with van der Waals surface area (Å²) in [5.74, 6) is -0.169. The predicted molar refractivity (Wildman–Crippen MR) is 79.1 cm³/mol. The Morgan fingerprint density at radius 2 is 2.00 bits per heavy atom. The van der Waals surface area contributed by atoms with Gasteiger partial charge in [0.25, 0.3) is 0 Å². The van der Waals surface area contributed by atoms with Crippen molar-refractivity contribution in [1.82, 2.24) is 5.32 Å². The summed E-state index contributed by atoms with van der Waals surface area (Å²) >= 11 is 5.89. The molecule has 3 rings (SSSR count). The Morgan fingerprint density at radius 3 is 2.52 bits per heavy atom. The molecule has 1 heterocycles. The number of carbonyl (C=O) groups is 2. The first-order valence-electron chi connectivity index (χ1n) is 7.14. The molecule has 5 heteroatoms. The second kappa shape index (κ2) is 5.02. The van der Waals surface area contributed by atoms with Crippen LogP contribution in [0, 0.1) is 5.41 Å². The molecule has 1 unspecified atom stereocenters. The second-order valence-electron chi connectivity index (χ2n) is 6.43. The van der Waals surface area contributed by atoms with Crippen LogP contribution in [0.3, 0.4) is 0 Å². The van der Waals surface area contributed by atoms with Gasteiger partial charge in [0.15, 0.2) is 0 Å². The van der Waals surface area contributed by atoms with Crippen molar-refractivity contribution >= 4 is 23.5 Å². The summed E-state index contributed by atoms with van der Waals surface area (Å²) in [6.07, 6.45) is 2.02. The van der Waals surface area contributed by atoms with Crippen LogP contribution < -0.4 is 5.32 Å². The van der Waals surface area contributed by atoms with Gasteiger partial charge in [0.1, 0.15) is 0 Å². The van der Waals surface area contributed by atoms with E-state index in [1.165, 1.54) is 0 Å². The highest BCUT2D eigenvalue weighted by molar-refractivity contribution is 6.30. The topological polar surface area (TPSA) is 55.4 Å². The first kappa shape index (κ1) is 14.4. The van der Waals surface area contributed by atoms with Gasteiger partial charge in [-0.05, 0) is 30.5 Å². The predicted octanol–water partition coefficient (Wildman–Crippen LogP) is 2.44. The first-order chi connectivity index (χ1) is 9.93. The zero-order valence-electron chi connectivity index (χ0n) is 11.9. The number of benzene rings is 1. The molecule has 1 N–H and O–H groups in total. The summed E-state index contributed by atoms with van der Waals surface area (Å²) in [6, 6.07) is 7.37. The van der Waals surface area contributed by atoms with Crippen molar-refractivity contribution in [1.29, 1.82) is 0 Å². The van der Waals surface area contributed by atoms with Gasteiger partial charge < -0.3 is 10.1 Å². The van der Waals surface area contributed by atoms with Crippen LogP contribution in [-0.2, 0) is 19.7 Å². The molecule has 1 aliphatic carbocycles. The van der Waals surface area contributed by atoms with Gasteiger partial charge in [-0.1, -0.05) is 30.7 Å². The minimum atomic E-state index is -0.503. The summed E-state index contributed by atoms with van der Waals surface area (Å²) in [4.78, 5) is 23.7. The minimum Gasteiger partial charge on any atom is -0.464 e. The molecule has 1 aromatic rings. The van der Waals surface area contributed by atoms with Gasteiger partial charge in [0.05, 0.1) is 12.0 Å². The van der Waals surface area contributed by atoms with E-state index in [9.17, 15) is 9.59 Å². The van der Waals surface area contributed by atoms with Crippen LogP contribution in [0.1, 0.15) is 31.7 Å². The molecule has 1 saturated heterocycles. The number of rotatable bonds is 4. The summed E-state index contributed by atoms with van der Waals surface area (Å²) in [6.45, 7) is 2.80. The molecular formula is C16H18ClNO3. The maximum atomic E-state index is 12.4. The van der Waals surface area contributed by atoms with Crippen LogP contribution >= 0.6 is 11.6 Å². The third-order valence-corrected chi connectivity index (χ3v) is 4.64. The maximum absolute atomic E-state index is 12.4. The normalized spacial score (nSPS) is 26.3. The molecule has 0 bridgehead atoms. The molecule has 21 heavy (non-hydrogen) atoms. The van der Waals surface area contributed by atoms with Gasteiger partial charge in [-0.25, -0.2) is 0 Å². The van der Waals surface area contributed by atoms with Crippen LogP contribution in [0.15, 0.2) is 24.3 Å². The average molecular weight is 308 g/mol. The molecule has 1 aromatic carbocycles. The van der Waals surface area contributed by atoms with E-state index in [-0.39, 0.29) is 23.9 Å². The smallest absolute Gasteiger partial charge is 0.316 e. The molecule has 0 spiro atoms. The number of hydrogen-bond donors (Lipinski definition) is 1. The van der Waals surface area contributed by atoms with Gasteiger partial charge in [0.2, 0.25) is 5.91 Å². The standard InChI is InChI=1S/C16H18ClNO3/c1-15(8-13(19)18-9-15)10-21-14(20)16(6-7-16)11-2-4-12(17)5-3-11/h2-5H,6-10H2,1H3,(H,18,19). The lowest BCUT2D eigenvalue weighted by Gasteiger charge is -2.23. The summed E-state index contributed by atoms with van der Waals surface area (Å²) in [5.41, 5.74) is 0.169. The highest BCUT2D eigenvalue weighted by atomic mass is 35.5. The van der Waals surface area contributed by atoms with Crippen molar-refractivity contribution < 1.29 is 14.3 Å². The molecule has 1 atom stereocenters. The van der Waals surface area contributed by atoms with Crippen molar-refractivity contribution in [3.8, 4) is 0 Å². The van der Waals surface area contributed by atoms with E-state index in [1.807, 2.05) is 19.1 Å². The van der Waals surface area contributed by atoms with Gasteiger partial charge in [0, 0.05) is 23.4 Å². The zero-order valence-corrected chi connectivity index (χ0v) is 12.7. The number of halogens is 1. The molecule has 112 valence electrons. The quantitative estimate of drug-likeness (QED) is 0.869. The van der Waals surface area contributed by atoms with Gasteiger partial charge in [-0.15, -0.1) is 0 Å². The fraction of sp³-hybridized carbons (Fsp3) is 0.500. The van der Waals surface area contributed by atoms with E-state index < -0.39 is 5.41 Å². The fourth-order valence-electron chi connectivity index (χ4n) is 2.81. The summed E-state index contributed by atoms with van der Waals surface area (Å²) in [7, 11) is 0. The van der Waals surface area contributed by atoms with E-state index in [0.717, 1.165) is 18.4 Å². The third kappa shape index (κ3) is 2.77. The van der Waals surface area contributed by atoms with E-state index in [4.69, 9.17) is 16.3 Å². The monoisotopic (exact) mass is 307 g/mol. The van der Waals surface area contributed by atoms with Crippen molar-refractivity contribution in [3.63, 3.8) is 0 Å². The molecule has 0 aromatic heterocycles. The van der Waals surface area contributed by atoms with E-state index in [2.05, 4.69) is 5.32 Å². The Bertz CT molecular complexity index is 580. The Kier molecular flexibility index (Phi) is 3.44. The van der Waals surface area contributed by atoms with Gasteiger partial charge in [-0.3, -0.25) is 9.59 Å². The zero-order chi connectivity index (χ0) is 15.1. The van der Waals surface area contributed by atoms with Crippen LogP contribution in [0.5, 0.6) is 0 Å². The second-order valence-corrected chi connectivity index (χ2v) is 6.87. The van der Waals surface area contributed by atoms with Crippen molar-refractivity contribution in [2.24, 2.45) is 5.41 Å². The molecule has 2 aliphatic rings. The SMILES string of the molecule is CC1(COC(=O)C2(c3ccc(Cl)cc3)CC2)CNC(=O)C1. The highest BCUT2D eigenvalue weighted by Gasteiger charge is 2.53. The molecule has 4 nitrogen and oxygen atoms in total. The molecular weight excluding hydrogens is 290 g/mol. The van der Waals surface area contributed by atoms with Crippen LogP contribution in [0.2, 0.25) is 5.02 Å². The number of ether oxygens (including phenoxy) is 1. The van der Waals surface area contributed by atoms with Crippen molar-refractivity contribution in [2.75, 3.05) is 13.2 Å². The molecule has 1 amide bonds. The van der Waals surface area contributed by atoms with Crippen LogP contribution in [0.4, 0.5) is 0 Å². The fourth-order valence-corrected chi connectivity index (χ4v) is 2.94. The Morgan fingerprint density at radius 1 is 1.33 bits per heavy atom. The van der Waals surface area contributed by atoms with Crippen LogP contribution in [0.25, 0.3) is 0 Å². The Hall–Kier alpha value is -1.55. The molecule has 0 radical (unpaired) electrons. The van der Waals surface area contributed by atoms with Gasteiger partial charge >= 0.3 is 5.97 Å². The Labute approximate surface area is 128 Å². The minimum absolute atomic E-state index is 0.0207. The summed E-state index contributed by atoms with van der Waals surface area (Å²) in [5, 5.41) is 3.44. The molecule has 1 aliphatic heterocycles. The number of esters is 1. The number of hydrogen-bond acceptors (Lipinski definition) is 3. The number of amides is 1. The van der Waals surface area contributed by atoms with Crippen molar-refractivity contribution in [2.45, 2.75) is 31.6 Å². The van der Waals surface area contributed by atoms with Crippen molar-refractivity contribution in [3.05, 3.63) is 34.9 Å².